The fraction of sp³-hybridized carbons (Fsp3) is 0.227. The molecule has 3 nitrogen and oxygen atoms in total. The van der Waals surface area contributed by atoms with Gasteiger partial charge < -0.3 is 9.57 Å². The molecule has 0 atom stereocenters. The minimum atomic E-state index is 0.453. The molecule has 0 aromatic heterocycles. The number of ether oxygens (including phenoxy) is 1. The Morgan fingerprint density at radius 3 is 2.56 bits per heavy atom. The molecule has 0 saturated carbocycles. The van der Waals surface area contributed by atoms with Crippen molar-refractivity contribution < 1.29 is 9.57 Å². The van der Waals surface area contributed by atoms with Gasteiger partial charge in [-0.3, -0.25) is 0 Å². The number of hydrogen-bond acceptors (Lipinski definition) is 3. The van der Waals surface area contributed by atoms with Gasteiger partial charge in [0, 0.05) is 5.56 Å². The van der Waals surface area contributed by atoms with Gasteiger partial charge in [-0.25, -0.2) is 0 Å². The van der Waals surface area contributed by atoms with E-state index >= 15 is 0 Å². The molecule has 0 N–H and O–H groups in total. The van der Waals surface area contributed by atoms with Crippen LogP contribution in [0.1, 0.15) is 30.9 Å². The Kier molecular flexibility index (Phi) is 6.05. The number of benzene rings is 3. The number of hydrogen-bond donors (Lipinski definition) is 0. The molecule has 3 aromatic rings. The van der Waals surface area contributed by atoms with Crippen LogP contribution in [0.15, 0.2) is 71.9 Å². The summed E-state index contributed by atoms with van der Waals surface area (Å²) < 4.78 is 5.95. The van der Waals surface area contributed by atoms with E-state index in [2.05, 4.69) is 30.3 Å². The lowest BCUT2D eigenvalue weighted by molar-refractivity contribution is 0.132. The molecule has 0 bridgehead atoms. The number of fused-ring (bicyclic) bond motifs is 1. The Hall–Kier alpha value is -2.81. The molecule has 25 heavy (non-hydrogen) atoms. The van der Waals surface area contributed by atoms with Crippen LogP contribution in [-0.2, 0) is 11.4 Å². The second-order valence-corrected chi connectivity index (χ2v) is 5.89. The number of oxime groups is 1. The molecule has 0 aliphatic heterocycles. The van der Waals surface area contributed by atoms with Crippen LogP contribution < -0.4 is 4.74 Å². The summed E-state index contributed by atoms with van der Waals surface area (Å²) in [6, 6.07) is 22.3. The van der Waals surface area contributed by atoms with Crippen molar-refractivity contribution in [3.05, 3.63) is 77.9 Å². The lowest BCUT2D eigenvalue weighted by Crippen LogP contribution is -2.00. The topological polar surface area (TPSA) is 30.8 Å². The first-order valence-corrected chi connectivity index (χ1v) is 8.72. The summed E-state index contributed by atoms with van der Waals surface area (Å²) in [6.07, 6.45) is 3.90. The van der Waals surface area contributed by atoms with Crippen LogP contribution in [0.2, 0.25) is 0 Å². The smallest absolute Gasteiger partial charge is 0.142 e. The van der Waals surface area contributed by atoms with Crippen LogP contribution in [0, 0.1) is 0 Å². The van der Waals surface area contributed by atoms with Crippen molar-refractivity contribution in [1.82, 2.24) is 0 Å². The standard InChI is InChI=1S/C22H23NO2/c1-2-3-15-24-22-14-13-19-11-7-8-12-20(19)21(22)16-23-25-17-18-9-5-4-6-10-18/h4-14,16H,2-3,15,17H2,1H3/b23-16+. The van der Waals surface area contributed by atoms with Gasteiger partial charge in [0.05, 0.1) is 12.8 Å². The van der Waals surface area contributed by atoms with Gasteiger partial charge in [0.1, 0.15) is 12.4 Å². The van der Waals surface area contributed by atoms with Crippen molar-refractivity contribution in [3.8, 4) is 5.75 Å². The van der Waals surface area contributed by atoms with E-state index in [0.29, 0.717) is 13.2 Å². The van der Waals surface area contributed by atoms with E-state index in [1.54, 1.807) is 6.21 Å². The molecule has 128 valence electrons. The summed E-state index contributed by atoms with van der Waals surface area (Å²) in [5, 5.41) is 6.45. The van der Waals surface area contributed by atoms with Crippen LogP contribution in [0.25, 0.3) is 10.8 Å². The molecule has 3 heteroatoms. The maximum Gasteiger partial charge on any atom is 0.142 e. The van der Waals surface area contributed by atoms with E-state index in [-0.39, 0.29) is 0 Å². The molecule has 0 aliphatic carbocycles. The van der Waals surface area contributed by atoms with Crippen molar-refractivity contribution in [2.45, 2.75) is 26.4 Å². The third-order valence-electron chi connectivity index (χ3n) is 4.02. The number of unbranched alkanes of at least 4 members (excludes halogenated alkanes) is 1. The second kappa shape index (κ2) is 8.88. The fourth-order valence-electron chi connectivity index (χ4n) is 2.64. The van der Waals surface area contributed by atoms with Crippen molar-refractivity contribution in [2.24, 2.45) is 5.16 Å². The SMILES string of the molecule is CCCCOc1ccc2ccccc2c1/C=N/OCc1ccccc1. The highest BCUT2D eigenvalue weighted by Gasteiger charge is 2.07. The molecule has 0 heterocycles. The lowest BCUT2D eigenvalue weighted by atomic mass is 10.0. The fourth-order valence-corrected chi connectivity index (χ4v) is 2.64. The van der Waals surface area contributed by atoms with E-state index < -0.39 is 0 Å². The van der Waals surface area contributed by atoms with Gasteiger partial charge in [-0.15, -0.1) is 0 Å². The Balaban J connectivity index is 1.79. The van der Waals surface area contributed by atoms with Crippen LogP contribution in [-0.4, -0.2) is 12.8 Å². The highest BCUT2D eigenvalue weighted by atomic mass is 16.6. The van der Waals surface area contributed by atoms with Crippen LogP contribution in [0.5, 0.6) is 5.75 Å². The minimum absolute atomic E-state index is 0.453. The Morgan fingerprint density at radius 1 is 0.920 bits per heavy atom. The zero-order chi connectivity index (χ0) is 17.3. The third-order valence-corrected chi connectivity index (χ3v) is 4.02. The first-order valence-electron chi connectivity index (χ1n) is 8.72. The number of nitrogens with zero attached hydrogens (tertiary/aromatic N) is 1. The van der Waals surface area contributed by atoms with Gasteiger partial charge >= 0.3 is 0 Å². The molecule has 0 spiro atoms. The van der Waals surface area contributed by atoms with Crippen molar-refractivity contribution in [1.29, 1.82) is 0 Å². The summed E-state index contributed by atoms with van der Waals surface area (Å²) in [7, 11) is 0. The molecule has 3 aromatic carbocycles. The van der Waals surface area contributed by atoms with E-state index in [1.807, 2.05) is 48.5 Å². The zero-order valence-corrected chi connectivity index (χ0v) is 14.5. The average Bonchev–Trinajstić information content (AvgIpc) is 2.67. The van der Waals surface area contributed by atoms with Crippen molar-refractivity contribution in [2.75, 3.05) is 6.61 Å². The van der Waals surface area contributed by atoms with Crippen molar-refractivity contribution >= 4 is 17.0 Å². The molecule has 0 saturated heterocycles. The zero-order valence-electron chi connectivity index (χ0n) is 14.5. The van der Waals surface area contributed by atoms with Gasteiger partial charge in [0.25, 0.3) is 0 Å². The molecular formula is C22H23NO2. The average molecular weight is 333 g/mol. The van der Waals surface area contributed by atoms with E-state index in [9.17, 15) is 0 Å². The van der Waals surface area contributed by atoms with Gasteiger partial charge in [0.15, 0.2) is 0 Å². The summed E-state index contributed by atoms with van der Waals surface area (Å²) in [4.78, 5) is 5.47. The maximum absolute atomic E-state index is 5.95. The first-order chi connectivity index (χ1) is 12.4. The minimum Gasteiger partial charge on any atom is -0.493 e. The summed E-state index contributed by atoms with van der Waals surface area (Å²) in [5.74, 6) is 0.846. The van der Waals surface area contributed by atoms with Gasteiger partial charge in [-0.2, -0.15) is 0 Å². The van der Waals surface area contributed by atoms with E-state index in [1.165, 1.54) is 0 Å². The molecular weight excluding hydrogens is 310 g/mol. The Morgan fingerprint density at radius 2 is 1.72 bits per heavy atom. The molecule has 0 radical (unpaired) electrons. The summed E-state index contributed by atoms with van der Waals surface area (Å²) in [6.45, 7) is 3.32. The molecule has 0 amide bonds. The quantitative estimate of drug-likeness (QED) is 0.306. The van der Waals surface area contributed by atoms with Gasteiger partial charge in [-0.05, 0) is 28.8 Å². The van der Waals surface area contributed by atoms with E-state index in [4.69, 9.17) is 9.57 Å². The van der Waals surface area contributed by atoms with Crippen molar-refractivity contribution in [3.63, 3.8) is 0 Å². The Bertz CT molecular complexity index is 828. The normalized spacial score (nSPS) is 11.1. The first kappa shape index (κ1) is 17.0. The monoisotopic (exact) mass is 333 g/mol. The maximum atomic E-state index is 5.95. The lowest BCUT2D eigenvalue weighted by Gasteiger charge is -2.11. The third kappa shape index (κ3) is 4.60. The largest absolute Gasteiger partial charge is 0.493 e. The molecule has 0 unspecified atom stereocenters. The summed E-state index contributed by atoms with van der Waals surface area (Å²) >= 11 is 0. The predicted octanol–water partition coefficient (Wildman–Crippen LogP) is 5.57. The molecule has 3 rings (SSSR count). The predicted molar refractivity (Wildman–Crippen MR) is 103 cm³/mol. The molecule has 0 aliphatic rings. The molecule has 0 fully saturated rings. The van der Waals surface area contributed by atoms with Crippen LogP contribution >= 0.6 is 0 Å². The van der Waals surface area contributed by atoms with Gasteiger partial charge in [0.2, 0.25) is 0 Å². The number of rotatable bonds is 8. The van der Waals surface area contributed by atoms with Crippen LogP contribution in [0.3, 0.4) is 0 Å². The highest BCUT2D eigenvalue weighted by molar-refractivity contribution is 6.02. The highest BCUT2D eigenvalue weighted by Crippen LogP contribution is 2.27. The summed E-state index contributed by atoms with van der Waals surface area (Å²) in [5.41, 5.74) is 2.05. The van der Waals surface area contributed by atoms with E-state index in [0.717, 1.165) is 40.5 Å². The van der Waals surface area contributed by atoms with Crippen LogP contribution in [0.4, 0.5) is 0 Å². The second-order valence-electron chi connectivity index (χ2n) is 5.89. The Labute approximate surface area is 148 Å². The van der Waals surface area contributed by atoms with Gasteiger partial charge in [-0.1, -0.05) is 79.2 Å².